The monoisotopic (exact) mass is 483 g/mol. The zero-order chi connectivity index (χ0) is 19.0. The van der Waals surface area contributed by atoms with Crippen LogP contribution in [0.2, 0.25) is 35.2 Å². The maximum atomic E-state index is 6.45. The molecule has 0 saturated heterocycles. The molecule has 2 heterocycles. The number of nitrogens with zero attached hydrogens (tertiary/aromatic N) is 2. The van der Waals surface area contributed by atoms with Crippen molar-refractivity contribution in [2.45, 2.75) is 0 Å². The van der Waals surface area contributed by atoms with Gasteiger partial charge in [0.25, 0.3) is 0 Å². The SMILES string of the molecule is Clc1cc(Cl)c([C](c2c(Cl)cncc2Cl)c2c(Cl)cncc2Cl)c(Cl)c1. The standard InChI is InChI=1S/C17H6Cl7N2/c18-7-1-8(19)14(9(20)2-7)17(15-10(21)3-25-4-11(15)22)16-12(23)5-26-6-13(16)24/h1-6H. The molecule has 2 nitrogen and oxygen atoms in total. The van der Waals surface area contributed by atoms with Gasteiger partial charge in [-0.1, -0.05) is 81.2 Å². The smallest absolute Gasteiger partial charge is 0.0722 e. The van der Waals surface area contributed by atoms with Gasteiger partial charge in [0.15, 0.2) is 0 Å². The van der Waals surface area contributed by atoms with E-state index < -0.39 is 0 Å². The molecule has 0 aliphatic rings. The Hall–Kier alpha value is -0.450. The first kappa shape index (κ1) is 20.3. The third-order valence-corrected chi connectivity index (χ3v) is 5.42. The van der Waals surface area contributed by atoms with Gasteiger partial charge >= 0.3 is 0 Å². The molecule has 0 fully saturated rings. The van der Waals surface area contributed by atoms with Gasteiger partial charge in [-0.25, -0.2) is 0 Å². The second-order valence-electron chi connectivity index (χ2n) is 5.08. The Bertz CT molecular complexity index is 876. The highest BCUT2D eigenvalue weighted by Gasteiger charge is 2.31. The van der Waals surface area contributed by atoms with Crippen LogP contribution in [0.4, 0.5) is 0 Å². The number of halogens is 7. The molecule has 0 aliphatic carbocycles. The normalized spacial score (nSPS) is 11.2. The molecule has 1 aromatic carbocycles. The lowest BCUT2D eigenvalue weighted by molar-refractivity contribution is 1.18. The Labute approximate surface area is 184 Å². The Morgan fingerprint density at radius 3 is 1.15 bits per heavy atom. The number of aromatic nitrogens is 2. The molecule has 133 valence electrons. The van der Waals surface area contributed by atoms with Crippen molar-refractivity contribution in [3.8, 4) is 0 Å². The van der Waals surface area contributed by atoms with E-state index in [0.717, 1.165) is 0 Å². The topological polar surface area (TPSA) is 25.8 Å². The summed E-state index contributed by atoms with van der Waals surface area (Å²) in [5.41, 5.74) is 1.30. The summed E-state index contributed by atoms with van der Waals surface area (Å²) in [5, 5.41) is 2.05. The molecular formula is C17H6Cl7N2. The molecule has 3 aromatic rings. The Kier molecular flexibility index (Phi) is 6.46. The van der Waals surface area contributed by atoms with E-state index in [2.05, 4.69) is 9.97 Å². The van der Waals surface area contributed by atoms with E-state index in [1.54, 1.807) is 12.1 Å². The summed E-state index contributed by atoms with van der Waals surface area (Å²) in [6.45, 7) is 0. The maximum absolute atomic E-state index is 6.45. The lowest BCUT2D eigenvalue weighted by Crippen LogP contribution is -2.10. The largest absolute Gasteiger partial charge is 0.262 e. The van der Waals surface area contributed by atoms with Crippen LogP contribution in [0.25, 0.3) is 0 Å². The maximum Gasteiger partial charge on any atom is 0.0722 e. The van der Waals surface area contributed by atoms with Gasteiger partial charge in [-0.05, 0) is 12.1 Å². The predicted octanol–water partition coefficient (Wildman–Crippen LogP) is 8.07. The summed E-state index contributed by atoms with van der Waals surface area (Å²) in [6, 6.07) is 3.10. The molecule has 0 saturated carbocycles. The highest BCUT2D eigenvalue weighted by Crippen LogP contribution is 2.48. The summed E-state index contributed by atoms with van der Waals surface area (Å²) < 4.78 is 0. The third kappa shape index (κ3) is 3.88. The number of benzene rings is 1. The Morgan fingerprint density at radius 2 is 0.808 bits per heavy atom. The minimum absolute atomic E-state index is 0.276. The first-order valence-corrected chi connectivity index (χ1v) is 9.56. The summed E-state index contributed by atoms with van der Waals surface area (Å²) in [6.07, 6.45) is 5.79. The van der Waals surface area contributed by atoms with Crippen molar-refractivity contribution in [3.63, 3.8) is 0 Å². The molecule has 26 heavy (non-hydrogen) atoms. The molecule has 9 heteroatoms. The molecule has 0 bridgehead atoms. The minimum atomic E-state index is 0.276. The molecule has 0 amide bonds. The molecule has 0 unspecified atom stereocenters. The fraction of sp³-hybridized carbons (Fsp3) is 0. The number of rotatable bonds is 3. The highest BCUT2D eigenvalue weighted by molar-refractivity contribution is 6.41. The second kappa shape index (κ2) is 8.28. The van der Waals surface area contributed by atoms with E-state index in [4.69, 9.17) is 81.2 Å². The molecule has 1 radical (unpaired) electrons. The van der Waals surface area contributed by atoms with E-state index in [-0.39, 0.29) is 30.1 Å². The number of hydrogen-bond acceptors (Lipinski definition) is 2. The van der Waals surface area contributed by atoms with Crippen LogP contribution < -0.4 is 0 Å². The lowest BCUT2D eigenvalue weighted by atomic mass is 9.85. The van der Waals surface area contributed by atoms with Gasteiger partial charge in [-0.15, -0.1) is 0 Å². The van der Waals surface area contributed by atoms with Crippen LogP contribution in [-0.2, 0) is 0 Å². The fourth-order valence-electron chi connectivity index (χ4n) is 2.46. The van der Waals surface area contributed by atoms with Gasteiger partial charge in [0.2, 0.25) is 0 Å². The van der Waals surface area contributed by atoms with E-state index in [1.807, 2.05) is 0 Å². The summed E-state index contributed by atoms with van der Waals surface area (Å²) in [4.78, 5) is 7.95. The van der Waals surface area contributed by atoms with Crippen LogP contribution in [-0.4, -0.2) is 9.97 Å². The average molecular weight is 486 g/mol. The van der Waals surface area contributed by atoms with Gasteiger partial charge in [0, 0.05) is 56.5 Å². The van der Waals surface area contributed by atoms with Gasteiger partial charge in [-0.3, -0.25) is 9.97 Å². The summed E-state index contributed by atoms with van der Waals surface area (Å²) >= 11 is 44.5. The van der Waals surface area contributed by atoms with Crippen molar-refractivity contribution in [1.29, 1.82) is 0 Å². The molecule has 0 aliphatic heterocycles. The molecule has 3 rings (SSSR count). The molecule has 2 aromatic heterocycles. The lowest BCUT2D eigenvalue weighted by Gasteiger charge is -2.24. The van der Waals surface area contributed by atoms with Crippen LogP contribution >= 0.6 is 81.2 Å². The van der Waals surface area contributed by atoms with Crippen molar-refractivity contribution in [1.82, 2.24) is 9.97 Å². The minimum Gasteiger partial charge on any atom is -0.262 e. The van der Waals surface area contributed by atoms with Gasteiger partial charge < -0.3 is 0 Å². The molecular weight excluding hydrogens is 480 g/mol. The quantitative estimate of drug-likeness (QED) is 0.374. The second-order valence-corrected chi connectivity index (χ2v) is 7.96. The fourth-order valence-corrected chi connectivity index (χ4v) is 4.57. The van der Waals surface area contributed by atoms with Crippen molar-refractivity contribution >= 4 is 81.2 Å². The van der Waals surface area contributed by atoms with E-state index in [1.165, 1.54) is 24.8 Å². The van der Waals surface area contributed by atoms with Gasteiger partial charge in [0.05, 0.1) is 26.0 Å². The first-order chi connectivity index (χ1) is 12.3. The molecule has 0 atom stereocenters. The first-order valence-electron chi connectivity index (χ1n) is 6.92. The van der Waals surface area contributed by atoms with Gasteiger partial charge in [0.1, 0.15) is 0 Å². The van der Waals surface area contributed by atoms with E-state index in [9.17, 15) is 0 Å². The van der Waals surface area contributed by atoms with Crippen LogP contribution in [0.3, 0.4) is 0 Å². The van der Waals surface area contributed by atoms with Crippen molar-refractivity contribution in [2.24, 2.45) is 0 Å². The van der Waals surface area contributed by atoms with Crippen LogP contribution in [0, 0.1) is 5.92 Å². The van der Waals surface area contributed by atoms with Crippen molar-refractivity contribution in [3.05, 3.63) is 94.7 Å². The van der Waals surface area contributed by atoms with Gasteiger partial charge in [-0.2, -0.15) is 0 Å². The highest BCUT2D eigenvalue weighted by atomic mass is 35.5. The van der Waals surface area contributed by atoms with Crippen LogP contribution in [0.1, 0.15) is 16.7 Å². The Balaban J connectivity index is 2.43. The summed E-state index contributed by atoms with van der Waals surface area (Å²) in [7, 11) is 0. The summed E-state index contributed by atoms with van der Waals surface area (Å²) in [5.74, 6) is 0.450. The Morgan fingerprint density at radius 1 is 0.500 bits per heavy atom. The van der Waals surface area contributed by atoms with Crippen LogP contribution in [0.5, 0.6) is 0 Å². The average Bonchev–Trinajstić information content (AvgIpc) is 2.53. The molecule has 0 N–H and O–H groups in total. The van der Waals surface area contributed by atoms with Crippen LogP contribution in [0.15, 0.2) is 36.9 Å². The number of hydrogen-bond donors (Lipinski definition) is 0. The zero-order valence-corrected chi connectivity index (χ0v) is 17.8. The number of pyridine rings is 2. The zero-order valence-electron chi connectivity index (χ0n) is 12.5. The third-order valence-electron chi connectivity index (χ3n) is 3.46. The predicted molar refractivity (Wildman–Crippen MR) is 111 cm³/mol. The van der Waals surface area contributed by atoms with Crippen molar-refractivity contribution < 1.29 is 0 Å². The van der Waals surface area contributed by atoms with E-state index in [0.29, 0.717) is 27.6 Å². The van der Waals surface area contributed by atoms with Crippen molar-refractivity contribution in [2.75, 3.05) is 0 Å². The molecule has 0 spiro atoms. The van der Waals surface area contributed by atoms with E-state index >= 15 is 0 Å².